The molecular weight excluding hydrogens is 252 g/mol. The summed E-state index contributed by atoms with van der Waals surface area (Å²) in [6, 6.07) is 5.71. The average molecular weight is 266 g/mol. The van der Waals surface area contributed by atoms with Gasteiger partial charge in [-0.25, -0.2) is 0 Å². The van der Waals surface area contributed by atoms with Crippen molar-refractivity contribution in [1.82, 2.24) is 0 Å². The quantitative estimate of drug-likeness (QED) is 0.818. The van der Waals surface area contributed by atoms with E-state index in [1.807, 2.05) is 18.2 Å². The van der Waals surface area contributed by atoms with Gasteiger partial charge in [0.15, 0.2) is 0 Å². The number of esters is 1. The van der Waals surface area contributed by atoms with Gasteiger partial charge in [0.2, 0.25) is 5.91 Å². The average Bonchev–Trinajstić information content (AvgIpc) is 2.41. The van der Waals surface area contributed by atoms with Crippen molar-refractivity contribution in [2.45, 2.75) is 11.4 Å². The lowest BCUT2D eigenvalue weighted by Crippen LogP contribution is -2.39. The molecule has 0 aromatic heterocycles. The second-order valence-corrected chi connectivity index (χ2v) is 4.87. The number of hydrogen-bond donors (Lipinski definition) is 1. The number of methoxy groups -OCH3 is 1. The number of fused-ring (bicyclic) bond motifs is 1. The molecule has 1 aromatic carbocycles. The number of carbonyl (C=O) groups excluding carboxylic acids is 2. The Morgan fingerprint density at radius 2 is 2.33 bits per heavy atom. The van der Waals surface area contributed by atoms with Crippen LogP contribution < -0.4 is 10.6 Å². The van der Waals surface area contributed by atoms with Crippen LogP contribution in [0.1, 0.15) is 5.56 Å². The van der Waals surface area contributed by atoms with Gasteiger partial charge in [0.25, 0.3) is 0 Å². The molecule has 0 atom stereocenters. The second-order valence-electron chi connectivity index (χ2n) is 3.85. The molecule has 0 fully saturated rings. The van der Waals surface area contributed by atoms with Crippen LogP contribution in [0, 0.1) is 0 Å². The minimum atomic E-state index is -0.431. The van der Waals surface area contributed by atoms with E-state index in [-0.39, 0.29) is 12.5 Å². The van der Waals surface area contributed by atoms with E-state index >= 15 is 0 Å². The summed E-state index contributed by atoms with van der Waals surface area (Å²) in [6.45, 7) is 0.342. The highest BCUT2D eigenvalue weighted by Crippen LogP contribution is 2.35. The number of hydrogen-bond acceptors (Lipinski definition) is 5. The summed E-state index contributed by atoms with van der Waals surface area (Å²) >= 11 is 1.47. The summed E-state index contributed by atoms with van der Waals surface area (Å²) in [7, 11) is 1.31. The van der Waals surface area contributed by atoms with Gasteiger partial charge in [-0.1, -0.05) is 6.07 Å². The molecule has 0 spiro atoms. The lowest BCUT2D eigenvalue weighted by atomic mass is 10.2. The van der Waals surface area contributed by atoms with E-state index in [2.05, 4.69) is 4.74 Å². The van der Waals surface area contributed by atoms with E-state index in [4.69, 9.17) is 5.73 Å². The maximum Gasteiger partial charge on any atom is 0.325 e. The molecule has 1 aliphatic rings. The van der Waals surface area contributed by atoms with Crippen molar-refractivity contribution in [2.24, 2.45) is 5.73 Å². The zero-order valence-electron chi connectivity index (χ0n) is 10.0. The highest BCUT2D eigenvalue weighted by atomic mass is 32.2. The molecule has 1 aliphatic heterocycles. The van der Waals surface area contributed by atoms with Crippen molar-refractivity contribution in [3.05, 3.63) is 23.8 Å². The van der Waals surface area contributed by atoms with Crippen molar-refractivity contribution in [3.8, 4) is 0 Å². The predicted octanol–water partition coefficient (Wildman–Crippen LogP) is 0.757. The first-order chi connectivity index (χ1) is 8.65. The van der Waals surface area contributed by atoms with Crippen LogP contribution in [0.25, 0.3) is 0 Å². The smallest absolute Gasteiger partial charge is 0.325 e. The van der Waals surface area contributed by atoms with Crippen LogP contribution in [0.2, 0.25) is 0 Å². The number of amides is 1. The highest BCUT2D eigenvalue weighted by molar-refractivity contribution is 8.00. The Kier molecular flexibility index (Phi) is 3.88. The topological polar surface area (TPSA) is 72.6 Å². The standard InChI is InChI=1S/C12H14N2O3S/c1-17-12(16)6-14-9-4-8(5-13)2-3-10(9)18-7-11(14)15/h2-4H,5-7,13H2,1H3. The largest absolute Gasteiger partial charge is 0.468 e. The van der Waals surface area contributed by atoms with E-state index in [0.717, 1.165) is 16.1 Å². The van der Waals surface area contributed by atoms with Gasteiger partial charge < -0.3 is 10.5 Å². The molecule has 1 aromatic rings. The Labute approximate surface area is 109 Å². The summed E-state index contributed by atoms with van der Waals surface area (Å²) in [4.78, 5) is 25.7. The lowest BCUT2D eigenvalue weighted by Gasteiger charge is -2.28. The molecule has 6 heteroatoms. The van der Waals surface area contributed by atoms with Crippen molar-refractivity contribution >= 4 is 29.3 Å². The SMILES string of the molecule is COC(=O)CN1C(=O)CSc2ccc(CN)cc21. The highest BCUT2D eigenvalue weighted by Gasteiger charge is 2.26. The number of nitrogens with zero attached hydrogens (tertiary/aromatic N) is 1. The van der Waals surface area contributed by atoms with Gasteiger partial charge in [0.05, 0.1) is 18.6 Å². The number of thioether (sulfide) groups is 1. The third-order valence-corrected chi connectivity index (χ3v) is 3.76. The molecule has 96 valence electrons. The lowest BCUT2D eigenvalue weighted by molar-refractivity contribution is -0.139. The zero-order valence-corrected chi connectivity index (χ0v) is 10.8. The van der Waals surface area contributed by atoms with E-state index in [0.29, 0.717) is 12.3 Å². The number of carbonyl (C=O) groups is 2. The molecule has 18 heavy (non-hydrogen) atoms. The Morgan fingerprint density at radius 1 is 1.56 bits per heavy atom. The molecule has 2 N–H and O–H groups in total. The van der Waals surface area contributed by atoms with Gasteiger partial charge >= 0.3 is 5.97 Å². The van der Waals surface area contributed by atoms with Crippen molar-refractivity contribution in [3.63, 3.8) is 0 Å². The molecule has 2 rings (SSSR count). The van der Waals surface area contributed by atoms with Crippen LogP contribution >= 0.6 is 11.8 Å². The van der Waals surface area contributed by atoms with Gasteiger partial charge in [-0.05, 0) is 17.7 Å². The fraction of sp³-hybridized carbons (Fsp3) is 0.333. The molecule has 1 amide bonds. The van der Waals surface area contributed by atoms with Gasteiger partial charge in [-0.15, -0.1) is 11.8 Å². The number of ether oxygens (including phenoxy) is 1. The Morgan fingerprint density at radius 3 is 3.00 bits per heavy atom. The first-order valence-corrected chi connectivity index (χ1v) is 6.47. The third-order valence-electron chi connectivity index (χ3n) is 2.72. The van der Waals surface area contributed by atoms with E-state index in [9.17, 15) is 9.59 Å². The molecule has 0 saturated heterocycles. The molecule has 1 heterocycles. The minimum absolute atomic E-state index is 0.0586. The summed E-state index contributed by atoms with van der Waals surface area (Å²) in [5.74, 6) is -0.183. The number of nitrogens with two attached hydrogens (primary N) is 1. The van der Waals surface area contributed by atoms with Crippen molar-refractivity contribution in [2.75, 3.05) is 24.3 Å². The van der Waals surface area contributed by atoms with E-state index in [1.165, 1.54) is 23.8 Å². The molecular formula is C12H14N2O3S. The van der Waals surface area contributed by atoms with Crippen LogP contribution in [-0.2, 0) is 20.9 Å². The molecule has 0 saturated carbocycles. The Bertz CT molecular complexity index is 490. The molecule has 0 bridgehead atoms. The summed E-state index contributed by atoms with van der Waals surface area (Å²) in [6.07, 6.45) is 0. The Balaban J connectivity index is 2.35. The number of rotatable bonds is 3. The van der Waals surface area contributed by atoms with Gasteiger partial charge in [0.1, 0.15) is 6.54 Å². The molecule has 5 nitrogen and oxygen atoms in total. The van der Waals surface area contributed by atoms with Crippen LogP contribution in [0.5, 0.6) is 0 Å². The molecule has 0 unspecified atom stereocenters. The Hall–Kier alpha value is -1.53. The summed E-state index contributed by atoms with van der Waals surface area (Å²) < 4.78 is 4.61. The van der Waals surface area contributed by atoms with Gasteiger partial charge in [-0.2, -0.15) is 0 Å². The minimum Gasteiger partial charge on any atom is -0.468 e. The van der Waals surface area contributed by atoms with Gasteiger partial charge in [-0.3, -0.25) is 14.5 Å². The monoisotopic (exact) mass is 266 g/mol. The molecule has 0 radical (unpaired) electrons. The maximum absolute atomic E-state index is 11.9. The van der Waals surface area contributed by atoms with Crippen LogP contribution in [0.15, 0.2) is 23.1 Å². The van der Waals surface area contributed by atoms with Crippen LogP contribution in [-0.4, -0.2) is 31.3 Å². The maximum atomic E-state index is 11.9. The number of anilines is 1. The first-order valence-electron chi connectivity index (χ1n) is 5.48. The fourth-order valence-electron chi connectivity index (χ4n) is 1.74. The predicted molar refractivity (Wildman–Crippen MR) is 69.4 cm³/mol. The van der Waals surface area contributed by atoms with E-state index < -0.39 is 5.97 Å². The fourth-order valence-corrected chi connectivity index (χ4v) is 2.66. The zero-order chi connectivity index (χ0) is 13.1. The molecule has 0 aliphatic carbocycles. The number of benzene rings is 1. The summed E-state index contributed by atoms with van der Waals surface area (Å²) in [5, 5.41) is 0. The van der Waals surface area contributed by atoms with Crippen LogP contribution in [0.4, 0.5) is 5.69 Å². The third kappa shape index (κ3) is 2.49. The van der Waals surface area contributed by atoms with Crippen molar-refractivity contribution in [1.29, 1.82) is 0 Å². The van der Waals surface area contributed by atoms with E-state index in [1.54, 1.807) is 0 Å². The first kappa shape index (κ1) is 12.9. The second kappa shape index (κ2) is 5.41. The summed E-state index contributed by atoms with van der Waals surface area (Å²) in [5.41, 5.74) is 7.26. The van der Waals surface area contributed by atoms with Crippen LogP contribution in [0.3, 0.4) is 0 Å². The van der Waals surface area contributed by atoms with Crippen molar-refractivity contribution < 1.29 is 14.3 Å². The van der Waals surface area contributed by atoms with Gasteiger partial charge in [0, 0.05) is 11.4 Å². The normalized spacial score (nSPS) is 14.3.